The Bertz CT molecular complexity index is 936. The van der Waals surface area contributed by atoms with Gasteiger partial charge in [-0.1, -0.05) is 12.1 Å². The first-order valence-corrected chi connectivity index (χ1v) is 7.55. The van der Waals surface area contributed by atoms with Crippen LogP contribution in [0, 0.1) is 39.7 Å². The van der Waals surface area contributed by atoms with E-state index in [4.69, 9.17) is 20.0 Å². The average Bonchev–Trinajstić information content (AvgIpc) is 2.65. The van der Waals surface area contributed by atoms with Crippen molar-refractivity contribution in [1.82, 2.24) is 0 Å². The van der Waals surface area contributed by atoms with E-state index in [1.165, 1.54) is 19.3 Å². The molecule has 7 heteroatoms. The first kappa shape index (κ1) is 18.5. The summed E-state index contributed by atoms with van der Waals surface area (Å²) in [5, 5.41) is 28.9. The van der Waals surface area contributed by atoms with Gasteiger partial charge in [0.1, 0.15) is 30.1 Å². The highest BCUT2D eigenvalue weighted by Crippen LogP contribution is 2.30. The molecular weight excluding hydrogens is 334 g/mol. The third kappa shape index (κ3) is 4.37. The van der Waals surface area contributed by atoms with Gasteiger partial charge in [0, 0.05) is 11.6 Å². The van der Waals surface area contributed by atoms with Crippen LogP contribution in [0.15, 0.2) is 42.0 Å². The molecule has 0 atom stereocenters. The van der Waals surface area contributed by atoms with Crippen molar-refractivity contribution in [3.8, 4) is 23.6 Å². The summed E-state index contributed by atoms with van der Waals surface area (Å²) >= 11 is 0. The van der Waals surface area contributed by atoms with Crippen molar-refractivity contribution < 1.29 is 14.4 Å². The van der Waals surface area contributed by atoms with Crippen LogP contribution in [0.4, 0.5) is 5.69 Å². The third-order valence-corrected chi connectivity index (χ3v) is 3.55. The summed E-state index contributed by atoms with van der Waals surface area (Å²) < 4.78 is 10.9. The first-order chi connectivity index (χ1) is 12.5. The average molecular weight is 349 g/mol. The lowest BCUT2D eigenvalue weighted by Crippen LogP contribution is -2.02. The minimum atomic E-state index is -0.495. The second-order valence-electron chi connectivity index (χ2n) is 5.37. The second-order valence-corrected chi connectivity index (χ2v) is 5.37. The van der Waals surface area contributed by atoms with Gasteiger partial charge in [-0.2, -0.15) is 10.5 Å². The van der Waals surface area contributed by atoms with E-state index >= 15 is 0 Å². The number of hydrogen-bond acceptors (Lipinski definition) is 6. The molecule has 0 amide bonds. The number of rotatable bonds is 6. The van der Waals surface area contributed by atoms with Crippen LogP contribution in [0.2, 0.25) is 0 Å². The van der Waals surface area contributed by atoms with Crippen LogP contribution < -0.4 is 9.47 Å². The van der Waals surface area contributed by atoms with Crippen molar-refractivity contribution in [2.45, 2.75) is 13.5 Å². The lowest BCUT2D eigenvalue weighted by atomic mass is 10.1. The minimum absolute atomic E-state index is 0.0309. The molecule has 0 radical (unpaired) electrons. The number of methoxy groups -OCH3 is 1. The Morgan fingerprint density at radius 3 is 2.50 bits per heavy atom. The Morgan fingerprint density at radius 1 is 1.19 bits per heavy atom. The van der Waals surface area contributed by atoms with Gasteiger partial charge in [0.25, 0.3) is 0 Å². The molecule has 2 rings (SSSR count). The lowest BCUT2D eigenvalue weighted by Gasteiger charge is -2.11. The van der Waals surface area contributed by atoms with E-state index in [0.29, 0.717) is 16.9 Å². The summed E-state index contributed by atoms with van der Waals surface area (Å²) in [6.45, 7) is 1.79. The zero-order valence-electron chi connectivity index (χ0n) is 14.2. The van der Waals surface area contributed by atoms with E-state index in [0.717, 1.165) is 5.56 Å². The van der Waals surface area contributed by atoms with Gasteiger partial charge in [0.05, 0.1) is 12.0 Å². The maximum atomic E-state index is 11.2. The largest absolute Gasteiger partial charge is 0.496 e. The van der Waals surface area contributed by atoms with Gasteiger partial charge >= 0.3 is 5.69 Å². The molecule has 0 aliphatic heterocycles. The van der Waals surface area contributed by atoms with Crippen LogP contribution in [0.5, 0.6) is 11.5 Å². The van der Waals surface area contributed by atoms with Crippen molar-refractivity contribution in [1.29, 1.82) is 10.5 Å². The number of aryl methyl sites for hydroxylation is 1. The maximum Gasteiger partial charge on any atom is 0.311 e. The predicted octanol–water partition coefficient (Wildman–Crippen LogP) is 3.92. The number of ether oxygens (including phenoxy) is 2. The summed E-state index contributed by atoms with van der Waals surface area (Å²) in [4.78, 5) is 10.7. The van der Waals surface area contributed by atoms with Crippen molar-refractivity contribution >= 4 is 11.8 Å². The Labute approximate surface area is 150 Å². The number of allylic oxidation sites excluding steroid dienone is 1. The molecular formula is C19H15N3O4. The fourth-order valence-electron chi connectivity index (χ4n) is 2.30. The third-order valence-electron chi connectivity index (χ3n) is 3.55. The smallest absolute Gasteiger partial charge is 0.311 e. The zero-order valence-corrected chi connectivity index (χ0v) is 14.2. The predicted molar refractivity (Wildman–Crippen MR) is 94.4 cm³/mol. The molecule has 0 aromatic heterocycles. The summed E-state index contributed by atoms with van der Waals surface area (Å²) in [6, 6.07) is 13.4. The van der Waals surface area contributed by atoms with Crippen molar-refractivity contribution in [3.63, 3.8) is 0 Å². The molecule has 2 aromatic rings. The Kier molecular flexibility index (Phi) is 5.92. The molecule has 26 heavy (non-hydrogen) atoms. The molecule has 0 saturated carbocycles. The molecule has 0 saturated heterocycles. The van der Waals surface area contributed by atoms with Crippen molar-refractivity contribution in [3.05, 3.63) is 68.8 Å². The molecule has 0 fully saturated rings. The topological polar surface area (TPSA) is 109 Å². The normalized spacial score (nSPS) is 9.54. The maximum absolute atomic E-state index is 11.2. The van der Waals surface area contributed by atoms with Gasteiger partial charge in [0.2, 0.25) is 0 Å². The van der Waals surface area contributed by atoms with Crippen molar-refractivity contribution in [2.24, 2.45) is 0 Å². The first-order valence-electron chi connectivity index (χ1n) is 7.55. The quantitative estimate of drug-likeness (QED) is 0.444. The standard InChI is InChI=1S/C19H15N3O4/c1-13-3-5-19(17(7-13)22(23)24)26-12-16-9-14(4-6-18(16)25-2)8-15(10-20)11-21/h3-9H,12H2,1-2H3. The lowest BCUT2D eigenvalue weighted by molar-refractivity contribution is -0.386. The highest BCUT2D eigenvalue weighted by atomic mass is 16.6. The molecule has 0 bridgehead atoms. The van der Waals surface area contributed by atoms with E-state index < -0.39 is 4.92 Å². The Balaban J connectivity index is 2.32. The van der Waals surface area contributed by atoms with Crippen LogP contribution in [0.25, 0.3) is 6.08 Å². The van der Waals surface area contributed by atoms with Crippen molar-refractivity contribution in [2.75, 3.05) is 7.11 Å². The molecule has 0 unspecified atom stereocenters. The molecule has 0 heterocycles. The zero-order chi connectivity index (χ0) is 19.1. The molecule has 2 aromatic carbocycles. The molecule has 0 N–H and O–H groups in total. The van der Waals surface area contributed by atoms with Crippen LogP contribution in [-0.4, -0.2) is 12.0 Å². The van der Waals surface area contributed by atoms with E-state index in [1.807, 2.05) is 0 Å². The SMILES string of the molecule is COc1ccc(C=C(C#N)C#N)cc1COc1ccc(C)cc1[N+](=O)[O-]. The molecule has 0 aliphatic carbocycles. The number of nitro groups is 1. The van der Waals surface area contributed by atoms with Gasteiger partial charge in [-0.3, -0.25) is 10.1 Å². The fourth-order valence-corrected chi connectivity index (χ4v) is 2.30. The number of nitro benzene ring substituents is 1. The van der Waals surface area contributed by atoms with E-state index in [9.17, 15) is 10.1 Å². The monoisotopic (exact) mass is 349 g/mol. The Hall–Kier alpha value is -3.84. The van der Waals surface area contributed by atoms with Gasteiger partial charge in [0.15, 0.2) is 5.75 Å². The van der Waals surface area contributed by atoms with E-state index in [-0.39, 0.29) is 23.6 Å². The highest BCUT2D eigenvalue weighted by molar-refractivity contribution is 5.63. The highest BCUT2D eigenvalue weighted by Gasteiger charge is 2.16. The summed E-state index contributed by atoms with van der Waals surface area (Å²) in [5.41, 5.74) is 1.87. The van der Waals surface area contributed by atoms with Crippen LogP contribution in [-0.2, 0) is 6.61 Å². The van der Waals surface area contributed by atoms with Gasteiger partial charge in [-0.05, 0) is 42.3 Å². The number of nitrogens with zero attached hydrogens (tertiary/aromatic N) is 3. The summed E-state index contributed by atoms with van der Waals surface area (Å²) in [6.07, 6.45) is 1.44. The minimum Gasteiger partial charge on any atom is -0.496 e. The molecule has 0 spiro atoms. The van der Waals surface area contributed by atoms with Gasteiger partial charge in [-0.15, -0.1) is 0 Å². The summed E-state index contributed by atoms with van der Waals surface area (Å²) in [7, 11) is 1.50. The van der Waals surface area contributed by atoms with Crippen LogP contribution >= 0.6 is 0 Å². The number of nitriles is 2. The second kappa shape index (κ2) is 8.32. The summed E-state index contributed by atoms with van der Waals surface area (Å²) in [5.74, 6) is 0.686. The van der Waals surface area contributed by atoms with E-state index in [2.05, 4.69) is 0 Å². The molecule has 7 nitrogen and oxygen atoms in total. The van der Waals surface area contributed by atoms with Crippen LogP contribution in [0.1, 0.15) is 16.7 Å². The van der Waals surface area contributed by atoms with Gasteiger partial charge < -0.3 is 9.47 Å². The van der Waals surface area contributed by atoms with Crippen LogP contribution in [0.3, 0.4) is 0 Å². The molecule has 130 valence electrons. The number of benzene rings is 2. The fraction of sp³-hybridized carbons (Fsp3) is 0.158. The Morgan fingerprint density at radius 2 is 1.88 bits per heavy atom. The van der Waals surface area contributed by atoms with E-state index in [1.54, 1.807) is 49.4 Å². The molecule has 0 aliphatic rings. The number of hydrogen-bond donors (Lipinski definition) is 0. The van der Waals surface area contributed by atoms with Gasteiger partial charge in [-0.25, -0.2) is 0 Å².